The second-order valence-electron chi connectivity index (χ2n) is 0.474. The van der Waals surface area contributed by atoms with Crippen molar-refractivity contribution in [2.45, 2.75) is 0 Å². The summed E-state index contributed by atoms with van der Waals surface area (Å²) in [5, 5.41) is 31.4. The zero-order chi connectivity index (χ0) is 7.15. The predicted octanol–water partition coefficient (Wildman–Crippen LogP) is -2.69. The van der Waals surface area contributed by atoms with Crippen LogP contribution in [0, 0.1) is 15.3 Å². The van der Waals surface area contributed by atoms with Gasteiger partial charge in [0.15, 0.2) is 0 Å². The van der Waals surface area contributed by atoms with Crippen LogP contribution < -0.4 is 10.2 Å². The summed E-state index contributed by atoms with van der Waals surface area (Å²) in [5.74, 6) is 0. The summed E-state index contributed by atoms with van der Waals surface area (Å²) in [4.78, 5) is 16.6. The molecule has 9 heavy (non-hydrogen) atoms. The Morgan fingerprint density at radius 3 is 1.22 bits per heavy atom. The second-order valence-corrected chi connectivity index (χ2v) is 0.474. The number of carboxylic acid groups (broad SMARTS) is 2. The molecule has 0 amide bonds. The van der Waals surface area contributed by atoms with Crippen molar-refractivity contribution in [3.63, 3.8) is 0 Å². The number of nitrogens with zero attached hydrogens (tertiary/aromatic N) is 1. The first-order valence-electron chi connectivity index (χ1n) is 1.16. The number of carbonyl (C=O) groups is 1. The van der Waals surface area contributed by atoms with Crippen LogP contribution in [-0.4, -0.2) is 11.2 Å². The van der Waals surface area contributed by atoms with E-state index < -0.39 is 11.2 Å². The summed E-state index contributed by atoms with van der Waals surface area (Å²) >= 11 is 0. The summed E-state index contributed by atoms with van der Waals surface area (Å²) < 4.78 is 0. The van der Waals surface area contributed by atoms with E-state index in [4.69, 9.17) is 30.3 Å². The molecule has 0 aromatic heterocycles. The molecule has 0 fully saturated rings. The van der Waals surface area contributed by atoms with Gasteiger partial charge in [0.25, 0.3) is 0 Å². The zero-order valence-electron chi connectivity index (χ0n) is 3.70. The molecule has 0 aliphatic carbocycles. The van der Waals surface area contributed by atoms with Gasteiger partial charge in [-0.15, -0.1) is 0 Å². The van der Waals surface area contributed by atoms with Gasteiger partial charge in [-0.25, -0.2) is 0 Å². The quantitative estimate of drug-likeness (QED) is 0.253. The Hall–Kier alpha value is -0.790. The molecule has 0 saturated heterocycles. The minimum atomic E-state index is -2.33. The monoisotopic (exact) mass is 229 g/mol. The standard InChI is InChI=1S/CH2O3.Ag.NO3/c2-1(3)4;;2-1(3)4/h(H2,2,3,4);;/q;;-1/p-2. The van der Waals surface area contributed by atoms with Crippen molar-refractivity contribution in [1.82, 2.24) is 0 Å². The minimum Gasteiger partial charge on any atom is -0.652 e. The van der Waals surface area contributed by atoms with Gasteiger partial charge in [0.1, 0.15) is 0 Å². The third-order valence-electron chi connectivity index (χ3n) is 0. The summed E-state index contributed by atoms with van der Waals surface area (Å²) in [5.41, 5.74) is 0. The van der Waals surface area contributed by atoms with E-state index in [1.54, 1.807) is 0 Å². The van der Waals surface area contributed by atoms with Crippen molar-refractivity contribution in [2.24, 2.45) is 0 Å². The molecule has 0 saturated carbocycles. The fourth-order valence-corrected chi connectivity index (χ4v) is 0. The van der Waals surface area contributed by atoms with E-state index in [2.05, 4.69) is 0 Å². The summed E-state index contributed by atoms with van der Waals surface area (Å²) in [6.45, 7) is 0. The van der Waals surface area contributed by atoms with E-state index in [0.717, 1.165) is 0 Å². The molecule has 59 valence electrons. The van der Waals surface area contributed by atoms with Gasteiger partial charge in [0.2, 0.25) is 0 Å². The maximum absolute atomic E-state index is 8.33. The molecule has 0 aromatic rings. The molecular weight excluding hydrogens is 230 g/mol. The van der Waals surface area contributed by atoms with E-state index in [1.807, 2.05) is 0 Å². The second kappa shape index (κ2) is 10.2. The van der Waals surface area contributed by atoms with Crippen LogP contribution in [0.4, 0.5) is 4.79 Å². The van der Waals surface area contributed by atoms with Crippen LogP contribution in [0.5, 0.6) is 0 Å². The molecule has 0 aromatic carbocycles. The molecule has 0 heterocycles. The van der Waals surface area contributed by atoms with Crippen molar-refractivity contribution in [3.05, 3.63) is 15.3 Å². The first-order chi connectivity index (χ1) is 3.46. The fraction of sp³-hybridized carbons (Fsp3) is 0. The van der Waals surface area contributed by atoms with Crippen LogP contribution in [-0.2, 0) is 22.4 Å². The predicted molar refractivity (Wildman–Crippen MR) is 15.8 cm³/mol. The average Bonchev–Trinajstić information content (AvgIpc) is 1.25. The van der Waals surface area contributed by atoms with E-state index in [0.29, 0.717) is 0 Å². The van der Waals surface area contributed by atoms with Gasteiger partial charge in [-0.1, -0.05) is 0 Å². The summed E-state index contributed by atoms with van der Waals surface area (Å²) in [6.07, 6.45) is -2.33. The zero-order valence-corrected chi connectivity index (χ0v) is 5.18. The summed E-state index contributed by atoms with van der Waals surface area (Å²) in [7, 11) is 0. The topological polar surface area (TPSA) is 129 Å². The van der Waals surface area contributed by atoms with E-state index in [9.17, 15) is 0 Å². The minimum absolute atomic E-state index is 0. The number of rotatable bonds is 0. The van der Waals surface area contributed by atoms with Gasteiger partial charge in [-0.2, -0.15) is 0 Å². The molecule has 0 unspecified atom stereocenters. The Labute approximate surface area is 64.5 Å². The van der Waals surface area contributed by atoms with Crippen LogP contribution in [0.1, 0.15) is 0 Å². The van der Waals surface area contributed by atoms with Crippen LogP contribution in [0.3, 0.4) is 0 Å². The SMILES string of the molecule is O=C([O-])[O-].O=[N+]([O-])[O-].[Ag]. The first-order valence-corrected chi connectivity index (χ1v) is 1.16. The van der Waals surface area contributed by atoms with E-state index >= 15 is 0 Å². The third-order valence-corrected chi connectivity index (χ3v) is 0. The Morgan fingerprint density at radius 1 is 1.22 bits per heavy atom. The molecular formula is CAgNO6-3. The van der Waals surface area contributed by atoms with Gasteiger partial charge in [0.05, 0.1) is 5.09 Å². The molecule has 8 heteroatoms. The van der Waals surface area contributed by atoms with Crippen molar-refractivity contribution in [1.29, 1.82) is 0 Å². The normalized spacial score (nSPS) is 5.33. The number of hydrogen-bond donors (Lipinski definition) is 0. The van der Waals surface area contributed by atoms with E-state index in [-0.39, 0.29) is 22.4 Å². The molecule has 1 radical (unpaired) electrons. The van der Waals surface area contributed by atoms with Crippen molar-refractivity contribution in [2.75, 3.05) is 0 Å². The third kappa shape index (κ3) is 314. The van der Waals surface area contributed by atoms with E-state index in [1.165, 1.54) is 0 Å². The van der Waals surface area contributed by atoms with Crippen LogP contribution in [0.15, 0.2) is 0 Å². The fourth-order valence-electron chi connectivity index (χ4n) is 0. The molecule has 0 aliphatic rings. The Balaban J connectivity index is -0.0000000720. The average molecular weight is 230 g/mol. The van der Waals surface area contributed by atoms with Crippen LogP contribution in [0.25, 0.3) is 0 Å². The van der Waals surface area contributed by atoms with Gasteiger partial charge < -0.3 is 30.3 Å². The molecule has 0 spiro atoms. The summed E-state index contributed by atoms with van der Waals surface area (Å²) in [6, 6.07) is 0. The van der Waals surface area contributed by atoms with Crippen LogP contribution in [0.2, 0.25) is 0 Å². The molecule has 0 atom stereocenters. The first kappa shape index (κ1) is 15.7. The van der Waals surface area contributed by atoms with Gasteiger partial charge in [-0.3, -0.25) is 0 Å². The molecule has 0 N–H and O–H groups in total. The Kier molecular flexibility index (Phi) is 17.9. The van der Waals surface area contributed by atoms with Crippen molar-refractivity contribution < 1.29 is 42.5 Å². The van der Waals surface area contributed by atoms with Gasteiger partial charge >= 0.3 is 0 Å². The van der Waals surface area contributed by atoms with Crippen LogP contribution >= 0.6 is 0 Å². The van der Waals surface area contributed by atoms with Crippen molar-refractivity contribution >= 4 is 6.16 Å². The van der Waals surface area contributed by atoms with Crippen molar-refractivity contribution in [3.8, 4) is 0 Å². The largest absolute Gasteiger partial charge is 0.652 e. The van der Waals surface area contributed by atoms with Gasteiger partial charge in [0, 0.05) is 22.4 Å². The Bertz CT molecular complexity index is 71.1. The number of hydrogen-bond acceptors (Lipinski definition) is 6. The number of carbonyl (C=O) groups excluding carboxylic acids is 1. The van der Waals surface area contributed by atoms with Gasteiger partial charge in [-0.05, 0) is 6.16 Å². The maximum Gasteiger partial charge on any atom is 0.0689 e. The Morgan fingerprint density at radius 2 is 1.22 bits per heavy atom. The molecule has 0 bridgehead atoms. The smallest absolute Gasteiger partial charge is 0.0689 e. The molecule has 7 nitrogen and oxygen atoms in total. The molecule has 0 rings (SSSR count). The maximum atomic E-state index is 8.33. The molecule has 0 aliphatic heterocycles.